The van der Waals surface area contributed by atoms with Crippen molar-refractivity contribution in [2.75, 3.05) is 13.1 Å². The maximum absolute atomic E-state index is 3.69. The van der Waals surface area contributed by atoms with Crippen LogP contribution in [-0.2, 0) is 6.54 Å². The Bertz CT molecular complexity index is 482. The molecule has 1 aromatic carbocycles. The van der Waals surface area contributed by atoms with Crippen LogP contribution in [0.5, 0.6) is 0 Å². The topological polar surface area (TPSA) is 17.0 Å². The molecule has 0 amide bonds. The van der Waals surface area contributed by atoms with E-state index in [1.165, 1.54) is 16.5 Å². The summed E-state index contributed by atoms with van der Waals surface area (Å²) in [7, 11) is 0. The monoisotopic (exact) mass is 214 g/mol. The van der Waals surface area contributed by atoms with Crippen LogP contribution in [0.3, 0.4) is 0 Å². The zero-order valence-corrected chi connectivity index (χ0v) is 9.74. The van der Waals surface area contributed by atoms with Crippen molar-refractivity contribution in [1.29, 1.82) is 0 Å². The smallest absolute Gasteiger partial charge is 0.0483 e. The maximum Gasteiger partial charge on any atom is 0.0483 e. The molecule has 2 nitrogen and oxygen atoms in total. The van der Waals surface area contributed by atoms with Crippen molar-refractivity contribution in [2.45, 2.75) is 13.5 Å². The Morgan fingerprint density at radius 1 is 1.38 bits per heavy atom. The summed E-state index contributed by atoms with van der Waals surface area (Å²) >= 11 is 0. The van der Waals surface area contributed by atoms with Gasteiger partial charge in [0.2, 0.25) is 0 Å². The van der Waals surface area contributed by atoms with Crippen molar-refractivity contribution in [2.24, 2.45) is 0 Å². The summed E-state index contributed by atoms with van der Waals surface area (Å²) in [4.78, 5) is 0. The Labute approximate surface area is 96.6 Å². The van der Waals surface area contributed by atoms with Crippen LogP contribution in [0.2, 0.25) is 0 Å². The van der Waals surface area contributed by atoms with Gasteiger partial charge >= 0.3 is 0 Å². The molecule has 0 aliphatic heterocycles. The van der Waals surface area contributed by atoms with Crippen LogP contribution in [0.1, 0.15) is 5.56 Å². The van der Waals surface area contributed by atoms with Crippen molar-refractivity contribution in [1.82, 2.24) is 9.88 Å². The molecule has 1 aromatic heterocycles. The Kier molecular flexibility index (Phi) is 3.42. The predicted octanol–water partition coefficient (Wildman–Crippen LogP) is 2.73. The van der Waals surface area contributed by atoms with Gasteiger partial charge in [0.05, 0.1) is 0 Å². The van der Waals surface area contributed by atoms with E-state index in [9.17, 15) is 0 Å². The zero-order chi connectivity index (χ0) is 11.4. The molecule has 0 saturated carbocycles. The number of aromatic nitrogens is 1. The van der Waals surface area contributed by atoms with Gasteiger partial charge in [-0.15, -0.1) is 6.58 Å². The number of fused-ring (bicyclic) bond motifs is 1. The summed E-state index contributed by atoms with van der Waals surface area (Å²) in [6, 6.07) is 8.54. The lowest BCUT2D eigenvalue weighted by molar-refractivity contribution is 0.640. The predicted molar refractivity (Wildman–Crippen MR) is 69.7 cm³/mol. The van der Waals surface area contributed by atoms with E-state index in [0.29, 0.717) is 0 Å². The molecule has 16 heavy (non-hydrogen) atoms. The minimum Gasteiger partial charge on any atom is -0.346 e. The van der Waals surface area contributed by atoms with Crippen LogP contribution < -0.4 is 5.32 Å². The van der Waals surface area contributed by atoms with Gasteiger partial charge in [0.25, 0.3) is 0 Å². The number of para-hydroxylation sites is 1. The lowest BCUT2D eigenvalue weighted by Gasteiger charge is -2.05. The number of nitrogens with one attached hydrogen (secondary N) is 1. The summed E-state index contributed by atoms with van der Waals surface area (Å²) in [6.45, 7) is 8.70. The molecule has 2 aromatic rings. The summed E-state index contributed by atoms with van der Waals surface area (Å²) in [5.41, 5.74) is 2.67. The largest absolute Gasteiger partial charge is 0.346 e. The first-order valence-corrected chi connectivity index (χ1v) is 5.69. The third-order valence-corrected chi connectivity index (χ3v) is 2.81. The van der Waals surface area contributed by atoms with Gasteiger partial charge < -0.3 is 9.88 Å². The SMILES string of the molecule is C=CCNCCn1cc(C)c2ccccc21. The Morgan fingerprint density at radius 3 is 3.00 bits per heavy atom. The average molecular weight is 214 g/mol. The van der Waals surface area contributed by atoms with Crippen molar-refractivity contribution < 1.29 is 0 Å². The third kappa shape index (κ3) is 2.17. The summed E-state index contributed by atoms with van der Waals surface area (Å²) in [5.74, 6) is 0. The zero-order valence-electron chi connectivity index (χ0n) is 9.74. The number of hydrogen-bond donors (Lipinski definition) is 1. The van der Waals surface area contributed by atoms with Gasteiger partial charge in [-0.25, -0.2) is 0 Å². The van der Waals surface area contributed by atoms with Gasteiger partial charge in [0.1, 0.15) is 0 Å². The fourth-order valence-corrected chi connectivity index (χ4v) is 2.02. The minimum atomic E-state index is 0.873. The van der Waals surface area contributed by atoms with Crippen molar-refractivity contribution in [3.05, 3.63) is 48.7 Å². The average Bonchev–Trinajstić information content (AvgIpc) is 2.63. The molecular formula is C14H18N2. The summed E-state index contributed by atoms with van der Waals surface area (Å²) < 4.78 is 2.31. The Balaban J connectivity index is 2.15. The highest BCUT2D eigenvalue weighted by molar-refractivity contribution is 5.83. The van der Waals surface area contributed by atoms with E-state index in [1.54, 1.807) is 0 Å². The molecule has 1 N–H and O–H groups in total. The van der Waals surface area contributed by atoms with Crippen LogP contribution >= 0.6 is 0 Å². The first-order chi connectivity index (χ1) is 7.83. The molecule has 0 unspecified atom stereocenters. The van der Waals surface area contributed by atoms with E-state index >= 15 is 0 Å². The fourth-order valence-electron chi connectivity index (χ4n) is 2.02. The second-order valence-corrected chi connectivity index (χ2v) is 4.02. The standard InChI is InChI=1S/C14H18N2/c1-3-8-15-9-10-16-11-12(2)13-6-4-5-7-14(13)16/h3-7,11,15H,1,8-10H2,2H3. The lowest BCUT2D eigenvalue weighted by Crippen LogP contribution is -2.19. The van der Waals surface area contributed by atoms with E-state index in [4.69, 9.17) is 0 Å². The van der Waals surface area contributed by atoms with Crippen LogP contribution in [0.15, 0.2) is 43.1 Å². The van der Waals surface area contributed by atoms with Crippen molar-refractivity contribution in [3.8, 4) is 0 Å². The molecule has 0 bridgehead atoms. The van der Waals surface area contributed by atoms with E-state index in [0.717, 1.165) is 19.6 Å². The van der Waals surface area contributed by atoms with Crippen molar-refractivity contribution in [3.63, 3.8) is 0 Å². The second kappa shape index (κ2) is 4.99. The number of rotatable bonds is 5. The third-order valence-electron chi connectivity index (χ3n) is 2.81. The minimum absolute atomic E-state index is 0.873. The molecule has 0 aliphatic carbocycles. The van der Waals surface area contributed by atoms with E-state index in [2.05, 4.69) is 53.8 Å². The van der Waals surface area contributed by atoms with E-state index in [1.807, 2.05) is 6.08 Å². The molecule has 0 radical (unpaired) electrons. The molecule has 1 heterocycles. The first kappa shape index (κ1) is 11.0. The number of hydrogen-bond acceptors (Lipinski definition) is 1. The highest BCUT2D eigenvalue weighted by atomic mass is 15.0. The maximum atomic E-state index is 3.69. The molecule has 2 rings (SSSR count). The lowest BCUT2D eigenvalue weighted by atomic mass is 10.2. The van der Waals surface area contributed by atoms with Gasteiger partial charge in [-0.1, -0.05) is 24.3 Å². The molecule has 84 valence electrons. The quantitative estimate of drug-likeness (QED) is 0.598. The van der Waals surface area contributed by atoms with Gasteiger partial charge in [0.15, 0.2) is 0 Å². The highest BCUT2D eigenvalue weighted by Gasteiger charge is 2.03. The van der Waals surface area contributed by atoms with Gasteiger partial charge in [-0.05, 0) is 18.6 Å². The first-order valence-electron chi connectivity index (χ1n) is 5.69. The van der Waals surface area contributed by atoms with Crippen LogP contribution in [0, 0.1) is 6.92 Å². The summed E-state index contributed by atoms with van der Waals surface area (Å²) in [6.07, 6.45) is 4.11. The van der Waals surface area contributed by atoms with Crippen LogP contribution in [0.25, 0.3) is 10.9 Å². The molecule has 0 saturated heterocycles. The molecule has 0 fully saturated rings. The fraction of sp³-hybridized carbons (Fsp3) is 0.286. The Morgan fingerprint density at radius 2 is 2.19 bits per heavy atom. The number of nitrogens with zero attached hydrogens (tertiary/aromatic N) is 1. The Hall–Kier alpha value is -1.54. The van der Waals surface area contributed by atoms with Crippen LogP contribution in [-0.4, -0.2) is 17.7 Å². The van der Waals surface area contributed by atoms with E-state index < -0.39 is 0 Å². The van der Waals surface area contributed by atoms with Crippen molar-refractivity contribution >= 4 is 10.9 Å². The molecule has 0 atom stereocenters. The number of benzene rings is 1. The molecule has 0 spiro atoms. The van der Waals surface area contributed by atoms with Gasteiger partial charge in [-0.3, -0.25) is 0 Å². The van der Waals surface area contributed by atoms with Gasteiger partial charge in [-0.2, -0.15) is 0 Å². The van der Waals surface area contributed by atoms with E-state index in [-0.39, 0.29) is 0 Å². The summed E-state index contributed by atoms with van der Waals surface area (Å²) in [5, 5.41) is 4.67. The second-order valence-electron chi connectivity index (χ2n) is 4.02. The molecular weight excluding hydrogens is 196 g/mol. The molecule has 0 aliphatic rings. The number of aryl methyl sites for hydroxylation is 1. The van der Waals surface area contributed by atoms with Crippen LogP contribution in [0.4, 0.5) is 0 Å². The highest BCUT2D eigenvalue weighted by Crippen LogP contribution is 2.19. The van der Waals surface area contributed by atoms with Gasteiger partial charge in [0, 0.05) is 36.7 Å². The normalized spacial score (nSPS) is 10.8. The molecule has 2 heteroatoms.